The third-order valence-electron chi connectivity index (χ3n) is 1.40. The molecule has 0 aromatic carbocycles. The van der Waals surface area contributed by atoms with Gasteiger partial charge in [0.15, 0.2) is 0 Å². The van der Waals surface area contributed by atoms with Gasteiger partial charge in [-0.05, 0) is 11.3 Å². The third kappa shape index (κ3) is 0.878. The molecule has 6 heteroatoms. The maximum absolute atomic E-state index is 3.97. The number of nitrogens with zero attached hydrogens (tertiary/aromatic N) is 5. The zero-order valence-electron chi connectivity index (χ0n) is 5.89. The lowest BCUT2D eigenvalue weighted by Crippen LogP contribution is -1.94. The molecule has 6 nitrogen and oxygen atoms in total. The summed E-state index contributed by atoms with van der Waals surface area (Å²) in [6, 6.07) is 1.82. The highest BCUT2D eigenvalue weighted by atomic mass is 15.5. The van der Waals surface area contributed by atoms with Crippen molar-refractivity contribution < 1.29 is 0 Å². The Labute approximate surface area is 62.2 Å². The van der Waals surface area contributed by atoms with Crippen molar-refractivity contribution in [1.82, 2.24) is 30.4 Å². The molecule has 0 saturated carbocycles. The summed E-state index contributed by atoms with van der Waals surface area (Å²) < 4.78 is 1.69. The third-order valence-corrected chi connectivity index (χ3v) is 1.40. The van der Waals surface area contributed by atoms with Crippen LogP contribution < -0.4 is 0 Å². The van der Waals surface area contributed by atoms with Crippen molar-refractivity contribution in [2.45, 2.75) is 0 Å². The summed E-state index contributed by atoms with van der Waals surface area (Å²) >= 11 is 0. The summed E-state index contributed by atoms with van der Waals surface area (Å²) in [5, 5.41) is 17.4. The number of aromatic nitrogens is 6. The molecule has 56 valence electrons. The van der Waals surface area contributed by atoms with E-state index in [4.69, 9.17) is 0 Å². The molecule has 11 heavy (non-hydrogen) atoms. The Morgan fingerprint density at radius 2 is 2.45 bits per heavy atom. The molecular formula is C5H6N6. The molecule has 0 spiro atoms. The molecule has 0 amide bonds. The molecule has 0 radical (unpaired) electrons. The highest BCUT2D eigenvalue weighted by Crippen LogP contribution is 2.09. The Morgan fingerprint density at radius 1 is 1.55 bits per heavy atom. The van der Waals surface area contributed by atoms with Gasteiger partial charge in [0.05, 0.1) is 0 Å². The Balaban J connectivity index is 2.53. The van der Waals surface area contributed by atoms with Gasteiger partial charge in [0, 0.05) is 13.2 Å². The van der Waals surface area contributed by atoms with E-state index in [0.29, 0.717) is 5.82 Å². The van der Waals surface area contributed by atoms with Crippen molar-refractivity contribution in [1.29, 1.82) is 0 Å². The average Bonchev–Trinajstić information content (AvgIpc) is 2.55. The van der Waals surface area contributed by atoms with Gasteiger partial charge in [0.2, 0.25) is 5.82 Å². The smallest absolute Gasteiger partial charge is 0.222 e. The van der Waals surface area contributed by atoms with E-state index in [1.165, 1.54) is 0 Å². The second-order valence-electron chi connectivity index (χ2n) is 2.08. The zero-order chi connectivity index (χ0) is 7.68. The first kappa shape index (κ1) is 6.02. The number of H-pyrrole nitrogens is 1. The lowest BCUT2D eigenvalue weighted by molar-refractivity contribution is 0.770. The fraction of sp³-hybridized carbons (Fsp3) is 0.200. The van der Waals surface area contributed by atoms with Crippen molar-refractivity contribution in [2.75, 3.05) is 0 Å². The monoisotopic (exact) mass is 150 g/mol. The first-order valence-corrected chi connectivity index (χ1v) is 3.10. The maximum atomic E-state index is 3.97. The first-order valence-electron chi connectivity index (χ1n) is 3.10. The van der Waals surface area contributed by atoms with Crippen molar-refractivity contribution in [3.8, 4) is 11.5 Å². The fourth-order valence-corrected chi connectivity index (χ4v) is 0.864. The Kier molecular flexibility index (Phi) is 1.18. The Bertz CT molecular complexity index is 333. The molecule has 0 aliphatic heterocycles. The number of rotatable bonds is 1. The van der Waals surface area contributed by atoms with Crippen LogP contribution in [0.3, 0.4) is 0 Å². The zero-order valence-corrected chi connectivity index (χ0v) is 5.89. The Morgan fingerprint density at radius 3 is 3.00 bits per heavy atom. The van der Waals surface area contributed by atoms with Crippen LogP contribution in [0.15, 0.2) is 12.3 Å². The van der Waals surface area contributed by atoms with Crippen LogP contribution in [0.25, 0.3) is 11.5 Å². The van der Waals surface area contributed by atoms with E-state index >= 15 is 0 Å². The van der Waals surface area contributed by atoms with Gasteiger partial charge in [-0.2, -0.15) is 10.3 Å². The largest absolute Gasteiger partial charge is 0.265 e. The van der Waals surface area contributed by atoms with Crippen LogP contribution >= 0.6 is 0 Å². The van der Waals surface area contributed by atoms with Crippen molar-refractivity contribution >= 4 is 0 Å². The second kappa shape index (κ2) is 2.15. The van der Waals surface area contributed by atoms with Crippen LogP contribution in [0.5, 0.6) is 0 Å². The van der Waals surface area contributed by atoms with Gasteiger partial charge in [0.1, 0.15) is 5.69 Å². The van der Waals surface area contributed by atoms with Gasteiger partial charge in [-0.25, -0.2) is 0 Å². The molecule has 0 unspecified atom stereocenters. The molecule has 0 saturated heterocycles. The van der Waals surface area contributed by atoms with Gasteiger partial charge >= 0.3 is 0 Å². The van der Waals surface area contributed by atoms with Crippen LogP contribution in [-0.2, 0) is 7.05 Å². The molecule has 2 heterocycles. The lowest BCUT2D eigenvalue weighted by atomic mass is 10.4. The summed E-state index contributed by atoms with van der Waals surface area (Å²) in [5.74, 6) is 0.560. The average molecular weight is 150 g/mol. The van der Waals surface area contributed by atoms with E-state index in [0.717, 1.165) is 5.69 Å². The quantitative estimate of drug-likeness (QED) is 0.600. The van der Waals surface area contributed by atoms with E-state index in [-0.39, 0.29) is 0 Å². The lowest BCUT2D eigenvalue weighted by Gasteiger charge is -1.91. The van der Waals surface area contributed by atoms with E-state index in [2.05, 4.69) is 25.7 Å². The number of hydrogen-bond donors (Lipinski definition) is 1. The minimum absolute atomic E-state index is 0.560. The minimum atomic E-state index is 0.560. The van der Waals surface area contributed by atoms with Gasteiger partial charge in [0.25, 0.3) is 0 Å². The number of aromatic amines is 1. The molecule has 2 aromatic heterocycles. The van der Waals surface area contributed by atoms with Crippen LogP contribution in [-0.4, -0.2) is 30.4 Å². The van der Waals surface area contributed by atoms with Gasteiger partial charge in [-0.1, -0.05) is 0 Å². The van der Waals surface area contributed by atoms with Crippen LogP contribution in [0, 0.1) is 0 Å². The van der Waals surface area contributed by atoms with Crippen molar-refractivity contribution in [3.05, 3.63) is 12.3 Å². The highest BCUT2D eigenvalue weighted by Gasteiger charge is 2.05. The molecule has 0 atom stereocenters. The molecule has 0 aliphatic carbocycles. The predicted molar refractivity (Wildman–Crippen MR) is 36.4 cm³/mol. The molecule has 2 aromatic rings. The standard InChI is InChI=1S/C5H6N6/c1-11-4(2-3-6-11)5-7-9-10-8-5/h2-3H,1H3,(H,7,8,9,10). The number of aryl methyl sites for hydroxylation is 1. The van der Waals surface area contributed by atoms with Gasteiger partial charge < -0.3 is 0 Å². The van der Waals surface area contributed by atoms with Gasteiger partial charge in [-0.15, -0.1) is 10.2 Å². The van der Waals surface area contributed by atoms with Gasteiger partial charge in [-0.3, -0.25) is 4.68 Å². The molecule has 1 N–H and O–H groups in total. The summed E-state index contributed by atoms with van der Waals surface area (Å²) in [6.07, 6.45) is 1.69. The SMILES string of the molecule is Cn1nccc1-c1nn[nH]n1. The molecular weight excluding hydrogens is 144 g/mol. The Hall–Kier alpha value is -1.72. The summed E-state index contributed by atoms with van der Waals surface area (Å²) in [6.45, 7) is 0. The number of nitrogens with one attached hydrogen (secondary N) is 1. The van der Waals surface area contributed by atoms with E-state index in [9.17, 15) is 0 Å². The highest BCUT2D eigenvalue weighted by molar-refractivity contribution is 5.46. The van der Waals surface area contributed by atoms with Crippen molar-refractivity contribution in [2.24, 2.45) is 7.05 Å². The van der Waals surface area contributed by atoms with E-state index < -0.39 is 0 Å². The molecule has 2 rings (SSSR count). The van der Waals surface area contributed by atoms with E-state index in [1.54, 1.807) is 10.9 Å². The maximum Gasteiger partial charge on any atom is 0.222 e. The minimum Gasteiger partial charge on any atom is -0.265 e. The second-order valence-corrected chi connectivity index (χ2v) is 2.08. The van der Waals surface area contributed by atoms with Crippen LogP contribution in [0.1, 0.15) is 0 Å². The fourth-order valence-electron chi connectivity index (χ4n) is 0.864. The van der Waals surface area contributed by atoms with Crippen LogP contribution in [0.2, 0.25) is 0 Å². The predicted octanol–water partition coefficient (Wildman–Crippen LogP) is -0.400. The molecule has 0 aliphatic rings. The topological polar surface area (TPSA) is 72.3 Å². The van der Waals surface area contributed by atoms with Crippen LogP contribution in [0.4, 0.5) is 0 Å². The normalized spacial score (nSPS) is 10.3. The van der Waals surface area contributed by atoms with Crippen molar-refractivity contribution in [3.63, 3.8) is 0 Å². The van der Waals surface area contributed by atoms with E-state index in [1.807, 2.05) is 13.1 Å². The first-order chi connectivity index (χ1) is 5.38. The summed E-state index contributed by atoms with van der Waals surface area (Å²) in [5.41, 5.74) is 0.846. The molecule has 0 bridgehead atoms. The number of hydrogen-bond acceptors (Lipinski definition) is 4. The number of tetrazole rings is 1. The summed E-state index contributed by atoms with van der Waals surface area (Å²) in [4.78, 5) is 0. The summed E-state index contributed by atoms with van der Waals surface area (Å²) in [7, 11) is 1.83. The molecule has 0 fully saturated rings.